The highest BCUT2D eigenvalue weighted by Crippen LogP contribution is 2.31. The Morgan fingerprint density at radius 3 is 2.58 bits per heavy atom. The van der Waals surface area contributed by atoms with Crippen LogP contribution in [-0.2, 0) is 6.54 Å². The SMILES string of the molecule is CCN(Cc1ccncc1)c1cc(C)c(N)cc1Br. The molecule has 0 aliphatic heterocycles. The number of nitrogens with two attached hydrogens (primary N) is 1. The number of halogens is 1. The Kier molecular flexibility index (Phi) is 4.43. The number of pyridine rings is 1. The number of anilines is 2. The van der Waals surface area contributed by atoms with Gasteiger partial charge in [0.2, 0.25) is 0 Å². The Bertz CT molecular complexity index is 555. The van der Waals surface area contributed by atoms with E-state index in [1.54, 1.807) is 0 Å². The Hall–Kier alpha value is -1.55. The maximum absolute atomic E-state index is 5.93. The first-order chi connectivity index (χ1) is 9.11. The lowest BCUT2D eigenvalue weighted by atomic mass is 10.1. The van der Waals surface area contributed by atoms with Crippen LogP contribution in [0.4, 0.5) is 11.4 Å². The van der Waals surface area contributed by atoms with E-state index >= 15 is 0 Å². The molecule has 100 valence electrons. The fraction of sp³-hybridized carbons (Fsp3) is 0.267. The first kappa shape index (κ1) is 13.9. The zero-order valence-corrected chi connectivity index (χ0v) is 12.8. The molecule has 0 spiro atoms. The molecule has 1 heterocycles. The molecular formula is C15H18BrN3. The van der Waals surface area contributed by atoms with Gasteiger partial charge in [0.05, 0.1) is 5.69 Å². The molecule has 0 atom stereocenters. The summed E-state index contributed by atoms with van der Waals surface area (Å²) in [5.41, 5.74) is 10.3. The Morgan fingerprint density at radius 2 is 1.95 bits per heavy atom. The predicted molar refractivity (Wildman–Crippen MR) is 84.3 cm³/mol. The van der Waals surface area contributed by atoms with E-state index in [2.05, 4.69) is 38.8 Å². The van der Waals surface area contributed by atoms with Gasteiger partial charge in [-0.15, -0.1) is 0 Å². The molecule has 2 rings (SSSR count). The number of nitrogens with zero attached hydrogens (tertiary/aromatic N) is 2. The number of hydrogen-bond donors (Lipinski definition) is 1. The monoisotopic (exact) mass is 319 g/mol. The van der Waals surface area contributed by atoms with Crippen LogP contribution in [0.5, 0.6) is 0 Å². The molecule has 0 aliphatic rings. The van der Waals surface area contributed by atoms with Crippen molar-refractivity contribution in [3.8, 4) is 0 Å². The van der Waals surface area contributed by atoms with Crippen molar-refractivity contribution in [1.82, 2.24) is 4.98 Å². The molecule has 2 N–H and O–H groups in total. The highest BCUT2D eigenvalue weighted by atomic mass is 79.9. The quantitative estimate of drug-likeness (QED) is 0.872. The highest BCUT2D eigenvalue weighted by molar-refractivity contribution is 9.10. The Morgan fingerprint density at radius 1 is 1.26 bits per heavy atom. The maximum atomic E-state index is 5.93. The van der Waals surface area contributed by atoms with Gasteiger partial charge in [0, 0.05) is 35.6 Å². The topological polar surface area (TPSA) is 42.2 Å². The molecule has 0 amide bonds. The number of hydrogen-bond acceptors (Lipinski definition) is 3. The fourth-order valence-corrected chi connectivity index (χ4v) is 2.61. The van der Waals surface area contributed by atoms with Gasteiger partial charge >= 0.3 is 0 Å². The average Bonchev–Trinajstić information content (AvgIpc) is 2.42. The molecule has 0 aliphatic carbocycles. The van der Waals surface area contributed by atoms with E-state index in [1.165, 1.54) is 11.3 Å². The number of benzene rings is 1. The van der Waals surface area contributed by atoms with Gasteiger partial charge in [0.15, 0.2) is 0 Å². The Balaban J connectivity index is 2.30. The van der Waals surface area contributed by atoms with E-state index in [-0.39, 0.29) is 0 Å². The fourth-order valence-electron chi connectivity index (χ4n) is 2.00. The summed E-state index contributed by atoms with van der Waals surface area (Å²) < 4.78 is 1.03. The van der Waals surface area contributed by atoms with Crippen molar-refractivity contribution in [2.45, 2.75) is 20.4 Å². The first-order valence-corrected chi connectivity index (χ1v) is 7.10. The van der Waals surface area contributed by atoms with Gasteiger partial charge in [-0.3, -0.25) is 4.98 Å². The lowest BCUT2D eigenvalue weighted by Gasteiger charge is -2.25. The van der Waals surface area contributed by atoms with Crippen molar-refractivity contribution in [1.29, 1.82) is 0 Å². The van der Waals surface area contributed by atoms with Crippen molar-refractivity contribution in [3.05, 3.63) is 52.3 Å². The molecule has 2 aromatic rings. The molecule has 0 bridgehead atoms. The summed E-state index contributed by atoms with van der Waals surface area (Å²) in [7, 11) is 0. The molecule has 0 saturated carbocycles. The summed E-state index contributed by atoms with van der Waals surface area (Å²) in [6.45, 7) is 5.98. The second-order valence-electron chi connectivity index (χ2n) is 4.53. The molecule has 0 radical (unpaired) electrons. The predicted octanol–water partition coefficient (Wildman–Crippen LogP) is 3.76. The number of nitrogen functional groups attached to an aromatic ring is 1. The zero-order valence-electron chi connectivity index (χ0n) is 11.2. The largest absolute Gasteiger partial charge is 0.398 e. The molecule has 0 unspecified atom stereocenters. The van der Waals surface area contributed by atoms with Crippen molar-refractivity contribution >= 4 is 27.3 Å². The zero-order chi connectivity index (χ0) is 13.8. The van der Waals surface area contributed by atoms with E-state index in [9.17, 15) is 0 Å². The van der Waals surface area contributed by atoms with Gasteiger partial charge < -0.3 is 10.6 Å². The van der Waals surface area contributed by atoms with Crippen LogP contribution in [-0.4, -0.2) is 11.5 Å². The summed E-state index contributed by atoms with van der Waals surface area (Å²) in [5.74, 6) is 0. The average molecular weight is 320 g/mol. The summed E-state index contributed by atoms with van der Waals surface area (Å²) in [6, 6.07) is 8.19. The summed E-state index contributed by atoms with van der Waals surface area (Å²) >= 11 is 3.60. The molecular weight excluding hydrogens is 302 g/mol. The van der Waals surface area contributed by atoms with Crippen molar-refractivity contribution in [2.24, 2.45) is 0 Å². The van der Waals surface area contributed by atoms with Crippen molar-refractivity contribution in [2.75, 3.05) is 17.2 Å². The van der Waals surface area contributed by atoms with Crippen LogP contribution in [0.25, 0.3) is 0 Å². The summed E-state index contributed by atoms with van der Waals surface area (Å²) in [5, 5.41) is 0. The second-order valence-corrected chi connectivity index (χ2v) is 5.38. The summed E-state index contributed by atoms with van der Waals surface area (Å²) in [6.07, 6.45) is 3.65. The van der Waals surface area contributed by atoms with Crippen LogP contribution >= 0.6 is 15.9 Å². The Labute approximate surface area is 122 Å². The summed E-state index contributed by atoms with van der Waals surface area (Å²) in [4.78, 5) is 6.36. The van der Waals surface area contributed by atoms with Gasteiger partial charge in [-0.1, -0.05) is 0 Å². The number of aromatic nitrogens is 1. The van der Waals surface area contributed by atoms with Crippen LogP contribution in [0.1, 0.15) is 18.1 Å². The minimum Gasteiger partial charge on any atom is -0.398 e. The van der Waals surface area contributed by atoms with E-state index in [0.29, 0.717) is 0 Å². The lowest BCUT2D eigenvalue weighted by Crippen LogP contribution is -2.22. The van der Waals surface area contributed by atoms with Crippen molar-refractivity contribution < 1.29 is 0 Å². The third-order valence-corrected chi connectivity index (χ3v) is 3.82. The third-order valence-electron chi connectivity index (χ3n) is 3.18. The van der Waals surface area contributed by atoms with Crippen LogP contribution in [0.2, 0.25) is 0 Å². The van der Waals surface area contributed by atoms with Gasteiger partial charge in [0.1, 0.15) is 0 Å². The van der Waals surface area contributed by atoms with E-state index in [0.717, 1.165) is 28.8 Å². The third kappa shape index (κ3) is 3.26. The minimum absolute atomic E-state index is 0.815. The maximum Gasteiger partial charge on any atom is 0.0517 e. The molecule has 19 heavy (non-hydrogen) atoms. The van der Waals surface area contributed by atoms with Gasteiger partial charge in [-0.2, -0.15) is 0 Å². The van der Waals surface area contributed by atoms with Crippen molar-refractivity contribution in [3.63, 3.8) is 0 Å². The van der Waals surface area contributed by atoms with Crippen LogP contribution in [0.15, 0.2) is 41.1 Å². The van der Waals surface area contributed by atoms with Crippen LogP contribution in [0.3, 0.4) is 0 Å². The van der Waals surface area contributed by atoms with E-state index in [1.807, 2.05) is 37.5 Å². The van der Waals surface area contributed by atoms with E-state index < -0.39 is 0 Å². The molecule has 0 fully saturated rings. The normalized spacial score (nSPS) is 10.5. The second kappa shape index (κ2) is 6.06. The van der Waals surface area contributed by atoms with E-state index in [4.69, 9.17) is 5.73 Å². The molecule has 1 aromatic carbocycles. The van der Waals surface area contributed by atoms with Crippen LogP contribution < -0.4 is 10.6 Å². The molecule has 3 nitrogen and oxygen atoms in total. The number of rotatable bonds is 4. The smallest absolute Gasteiger partial charge is 0.0517 e. The lowest BCUT2D eigenvalue weighted by molar-refractivity contribution is 0.827. The highest BCUT2D eigenvalue weighted by Gasteiger charge is 2.11. The molecule has 4 heteroatoms. The first-order valence-electron chi connectivity index (χ1n) is 6.31. The van der Waals surface area contributed by atoms with Gasteiger partial charge in [0.25, 0.3) is 0 Å². The molecule has 1 aromatic heterocycles. The van der Waals surface area contributed by atoms with Crippen LogP contribution in [0, 0.1) is 6.92 Å². The standard InChI is InChI=1S/C15H18BrN3/c1-3-19(10-12-4-6-18-7-5-12)15-8-11(2)14(17)9-13(15)16/h4-9H,3,10,17H2,1-2H3. The van der Waals surface area contributed by atoms with Gasteiger partial charge in [-0.25, -0.2) is 0 Å². The number of aryl methyl sites for hydroxylation is 1. The van der Waals surface area contributed by atoms with Gasteiger partial charge in [-0.05, 0) is 65.2 Å². The minimum atomic E-state index is 0.815. The molecule has 0 saturated heterocycles.